The van der Waals surface area contributed by atoms with Crippen molar-refractivity contribution in [3.05, 3.63) is 68.2 Å². The van der Waals surface area contributed by atoms with Gasteiger partial charge in [0.05, 0.1) is 28.3 Å². The maximum Gasteiger partial charge on any atom is 0.269 e. The first-order valence-electron chi connectivity index (χ1n) is 9.68. The van der Waals surface area contributed by atoms with Gasteiger partial charge >= 0.3 is 0 Å². The van der Waals surface area contributed by atoms with Crippen molar-refractivity contribution in [2.75, 3.05) is 11.5 Å². The minimum absolute atomic E-state index is 0.0806. The summed E-state index contributed by atoms with van der Waals surface area (Å²) in [7, 11) is 0. The highest BCUT2D eigenvalue weighted by molar-refractivity contribution is 6.31. The lowest BCUT2D eigenvalue weighted by atomic mass is 9.84. The lowest BCUT2D eigenvalue weighted by Crippen LogP contribution is -2.56. The van der Waals surface area contributed by atoms with E-state index in [1.54, 1.807) is 6.07 Å². The molecule has 1 N–H and O–H groups in total. The minimum atomic E-state index is -0.659. The Balaban J connectivity index is 1.96. The van der Waals surface area contributed by atoms with Crippen LogP contribution in [0.25, 0.3) is 5.57 Å². The molecule has 2 aromatic carbocycles. The summed E-state index contributed by atoms with van der Waals surface area (Å²) in [5, 5.41) is 14.7. The minimum Gasteiger partial charge on any atom is -0.494 e. The van der Waals surface area contributed by atoms with E-state index < -0.39 is 16.6 Å². The van der Waals surface area contributed by atoms with Gasteiger partial charge in [-0.05, 0) is 51.5 Å². The van der Waals surface area contributed by atoms with Gasteiger partial charge in [-0.1, -0.05) is 17.7 Å². The fourth-order valence-electron chi connectivity index (χ4n) is 4.36. The third-order valence-corrected chi connectivity index (χ3v) is 5.85. The van der Waals surface area contributed by atoms with E-state index in [1.807, 2.05) is 33.8 Å². The molecule has 0 saturated heterocycles. The number of carbonyl (C=O) groups excluding carboxylic acids is 1. The summed E-state index contributed by atoms with van der Waals surface area (Å²) in [5.74, 6) is 0.350. The number of ether oxygens (including phenoxy) is 1. The molecule has 2 aliphatic rings. The van der Waals surface area contributed by atoms with Crippen molar-refractivity contribution in [1.29, 1.82) is 0 Å². The number of benzene rings is 2. The van der Waals surface area contributed by atoms with Crippen molar-refractivity contribution in [2.45, 2.75) is 39.4 Å². The van der Waals surface area contributed by atoms with Crippen molar-refractivity contribution in [3.63, 3.8) is 0 Å². The predicted molar refractivity (Wildman–Crippen MR) is 116 cm³/mol. The van der Waals surface area contributed by atoms with Gasteiger partial charge < -0.3 is 15.0 Å². The predicted octanol–water partition coefficient (Wildman–Crippen LogP) is 5.09. The van der Waals surface area contributed by atoms with Gasteiger partial charge in [0.2, 0.25) is 0 Å². The van der Waals surface area contributed by atoms with E-state index in [4.69, 9.17) is 16.3 Å². The summed E-state index contributed by atoms with van der Waals surface area (Å²) in [5.41, 5.74) is 3.14. The molecule has 0 fully saturated rings. The molecule has 30 heavy (non-hydrogen) atoms. The number of nitrogens with zero attached hydrogens (tertiary/aromatic N) is 2. The number of nitro groups is 1. The van der Waals surface area contributed by atoms with E-state index in [0.29, 0.717) is 28.5 Å². The molecule has 0 aromatic heterocycles. The molecule has 2 aromatic rings. The van der Waals surface area contributed by atoms with Crippen molar-refractivity contribution >= 4 is 34.5 Å². The molecule has 2 aliphatic heterocycles. The van der Waals surface area contributed by atoms with Crippen LogP contribution in [0, 0.1) is 10.1 Å². The molecule has 0 saturated carbocycles. The number of carbonyl (C=O) groups is 1. The summed E-state index contributed by atoms with van der Waals surface area (Å²) < 4.78 is 5.67. The lowest BCUT2D eigenvalue weighted by molar-refractivity contribution is -0.384. The van der Waals surface area contributed by atoms with Crippen LogP contribution in [0.4, 0.5) is 11.4 Å². The summed E-state index contributed by atoms with van der Waals surface area (Å²) in [6.07, 6.45) is 1.46. The van der Waals surface area contributed by atoms with E-state index in [1.165, 1.54) is 18.2 Å². The topological polar surface area (TPSA) is 84.7 Å². The number of rotatable bonds is 4. The molecule has 0 bridgehead atoms. The zero-order valence-corrected chi connectivity index (χ0v) is 17.9. The van der Waals surface area contributed by atoms with E-state index in [0.717, 1.165) is 16.8 Å². The summed E-state index contributed by atoms with van der Waals surface area (Å²) in [6, 6.07) is 7.95. The Morgan fingerprint density at radius 3 is 2.63 bits per heavy atom. The van der Waals surface area contributed by atoms with Crippen molar-refractivity contribution < 1.29 is 14.5 Å². The highest BCUT2D eigenvalue weighted by Gasteiger charge is 2.44. The van der Waals surface area contributed by atoms with Crippen LogP contribution >= 0.6 is 11.6 Å². The average molecular weight is 428 g/mol. The van der Waals surface area contributed by atoms with Crippen LogP contribution in [0.1, 0.15) is 55.3 Å². The highest BCUT2D eigenvalue weighted by Crippen LogP contribution is 2.49. The van der Waals surface area contributed by atoms with Gasteiger partial charge in [-0.3, -0.25) is 14.9 Å². The first-order valence-corrected chi connectivity index (χ1v) is 10.1. The Labute approximate surface area is 179 Å². The Morgan fingerprint density at radius 1 is 1.27 bits per heavy atom. The molecule has 156 valence electrons. The molecule has 0 radical (unpaired) electrons. The average Bonchev–Trinajstić information content (AvgIpc) is 2.66. The second-order valence-electron chi connectivity index (χ2n) is 7.99. The monoisotopic (exact) mass is 427 g/mol. The molecule has 1 atom stereocenters. The number of non-ortho nitro benzene ring substituents is 1. The molecular weight excluding hydrogens is 406 g/mol. The zero-order chi connectivity index (χ0) is 21.8. The maximum atomic E-state index is 13.1. The molecule has 0 aliphatic carbocycles. The van der Waals surface area contributed by atoms with E-state index in [-0.39, 0.29) is 11.6 Å². The van der Waals surface area contributed by atoms with Gasteiger partial charge in [0.15, 0.2) is 0 Å². The fraction of sp³-hybridized carbons (Fsp3) is 0.318. The Hall–Kier alpha value is -3.06. The molecule has 7 nitrogen and oxygen atoms in total. The summed E-state index contributed by atoms with van der Waals surface area (Å²) in [6.45, 7) is 8.46. The van der Waals surface area contributed by atoms with Crippen LogP contribution < -0.4 is 15.0 Å². The number of nitrogens with one attached hydrogen (secondary N) is 1. The van der Waals surface area contributed by atoms with Crippen LogP contribution in [-0.4, -0.2) is 23.0 Å². The summed E-state index contributed by atoms with van der Waals surface area (Å²) >= 11 is 6.44. The molecule has 2 heterocycles. The maximum absolute atomic E-state index is 13.1. The smallest absolute Gasteiger partial charge is 0.269 e. The second-order valence-corrected chi connectivity index (χ2v) is 8.40. The molecule has 1 unspecified atom stereocenters. The molecule has 4 rings (SSSR count). The van der Waals surface area contributed by atoms with Crippen molar-refractivity contribution in [2.24, 2.45) is 0 Å². The number of nitro benzene ring substituents is 1. The number of amides is 1. The quantitative estimate of drug-likeness (QED) is 0.542. The van der Waals surface area contributed by atoms with Crippen LogP contribution in [0.3, 0.4) is 0 Å². The fourth-order valence-corrected chi connectivity index (χ4v) is 4.58. The van der Waals surface area contributed by atoms with Gasteiger partial charge in [0, 0.05) is 28.3 Å². The lowest BCUT2D eigenvalue weighted by Gasteiger charge is -2.51. The molecule has 1 amide bonds. The van der Waals surface area contributed by atoms with Gasteiger partial charge in [0.25, 0.3) is 11.6 Å². The standard InChI is InChI=1S/C22H22ClN3O4/c1-5-30-14-9-15-12(2)11-22(3,4)25-19(15)17(10-14)21(27)24-20(25)16-8-13(26(28)29)6-7-18(16)23/h6-11,20H,5H2,1-4H3,(H,24,27). The number of hydrogen-bond donors (Lipinski definition) is 1. The molecule has 0 spiro atoms. The SMILES string of the molecule is CCOc1cc2c3c(c1)C(C)=CC(C)(C)N3C(c1cc([N+](=O)[O-])ccc1Cl)NC2=O. The molecular formula is C22H22ClN3O4. The van der Waals surface area contributed by atoms with Gasteiger partial charge in [-0.15, -0.1) is 0 Å². The van der Waals surface area contributed by atoms with E-state index >= 15 is 0 Å². The van der Waals surface area contributed by atoms with Gasteiger partial charge in [-0.25, -0.2) is 0 Å². The first-order chi connectivity index (χ1) is 14.1. The van der Waals surface area contributed by atoms with Crippen LogP contribution in [0.2, 0.25) is 5.02 Å². The number of halogens is 1. The number of allylic oxidation sites excluding steroid dienone is 1. The Bertz CT molecular complexity index is 1110. The van der Waals surface area contributed by atoms with Crippen molar-refractivity contribution in [3.8, 4) is 5.75 Å². The third kappa shape index (κ3) is 3.10. The van der Waals surface area contributed by atoms with Crippen molar-refractivity contribution in [1.82, 2.24) is 5.32 Å². The Morgan fingerprint density at radius 2 is 1.97 bits per heavy atom. The van der Waals surface area contributed by atoms with Crippen LogP contribution in [-0.2, 0) is 0 Å². The van der Waals surface area contributed by atoms with Crippen LogP contribution in [0.15, 0.2) is 36.4 Å². The number of anilines is 1. The third-order valence-electron chi connectivity index (χ3n) is 5.51. The highest BCUT2D eigenvalue weighted by atomic mass is 35.5. The normalized spacial score (nSPS) is 19.0. The summed E-state index contributed by atoms with van der Waals surface area (Å²) in [4.78, 5) is 26.0. The second kappa shape index (κ2) is 7.02. The van der Waals surface area contributed by atoms with E-state index in [2.05, 4.69) is 16.3 Å². The first kappa shape index (κ1) is 20.2. The largest absolute Gasteiger partial charge is 0.494 e. The van der Waals surface area contributed by atoms with E-state index in [9.17, 15) is 14.9 Å². The van der Waals surface area contributed by atoms with Crippen LogP contribution in [0.5, 0.6) is 5.75 Å². The van der Waals surface area contributed by atoms with Gasteiger partial charge in [0.1, 0.15) is 11.9 Å². The number of hydrogen-bond acceptors (Lipinski definition) is 5. The van der Waals surface area contributed by atoms with Gasteiger partial charge in [-0.2, -0.15) is 0 Å². The Kier molecular flexibility index (Phi) is 4.73. The zero-order valence-electron chi connectivity index (χ0n) is 17.2. The molecule has 8 heteroatoms.